The zero-order valence-electron chi connectivity index (χ0n) is 9.92. The van der Waals surface area contributed by atoms with Crippen molar-refractivity contribution >= 4 is 11.6 Å². The van der Waals surface area contributed by atoms with Crippen molar-refractivity contribution in [3.8, 4) is 11.5 Å². The molecule has 0 radical (unpaired) electrons. The van der Waals surface area contributed by atoms with E-state index in [-0.39, 0.29) is 10.4 Å². The van der Waals surface area contributed by atoms with E-state index in [1.54, 1.807) is 12.3 Å². The van der Waals surface area contributed by atoms with Gasteiger partial charge in [-0.3, -0.25) is 0 Å². The molecule has 4 heteroatoms. The predicted octanol–water partition coefficient (Wildman–Crippen LogP) is 4.43. The van der Waals surface area contributed by atoms with Crippen molar-refractivity contribution in [2.24, 2.45) is 0 Å². The first-order chi connectivity index (χ1) is 7.88. The number of benzene rings is 1. The maximum atomic E-state index is 13.0. The van der Waals surface area contributed by atoms with Crippen molar-refractivity contribution in [1.82, 2.24) is 4.98 Å². The summed E-state index contributed by atoms with van der Waals surface area (Å²) in [6, 6.07) is 4.41. The van der Waals surface area contributed by atoms with Crippen LogP contribution in [0.15, 0.2) is 28.9 Å². The molecule has 0 bridgehead atoms. The molecule has 17 heavy (non-hydrogen) atoms. The predicted molar refractivity (Wildman–Crippen MR) is 65.6 cm³/mol. The number of nitrogens with zero attached hydrogens (tertiary/aromatic N) is 1. The zero-order chi connectivity index (χ0) is 12.6. The van der Waals surface area contributed by atoms with E-state index in [0.717, 1.165) is 5.69 Å². The molecule has 0 saturated carbocycles. The van der Waals surface area contributed by atoms with Gasteiger partial charge in [-0.1, -0.05) is 32.4 Å². The maximum absolute atomic E-state index is 13.0. The third-order valence-corrected chi connectivity index (χ3v) is 2.73. The number of rotatable bonds is 1. The maximum Gasteiger partial charge on any atom is 0.226 e. The number of halogens is 2. The van der Waals surface area contributed by atoms with Crippen LogP contribution in [0, 0.1) is 5.82 Å². The molecule has 0 atom stereocenters. The van der Waals surface area contributed by atoms with Crippen LogP contribution >= 0.6 is 11.6 Å². The Morgan fingerprint density at radius 2 is 2.00 bits per heavy atom. The largest absolute Gasteiger partial charge is 0.444 e. The Bertz CT molecular complexity index is 543. The summed E-state index contributed by atoms with van der Waals surface area (Å²) in [5.74, 6) is 0.00911. The summed E-state index contributed by atoms with van der Waals surface area (Å²) in [7, 11) is 0. The highest BCUT2D eigenvalue weighted by molar-refractivity contribution is 6.31. The third kappa shape index (κ3) is 2.50. The van der Waals surface area contributed by atoms with Crippen LogP contribution in [0.5, 0.6) is 0 Å². The highest BCUT2D eigenvalue weighted by Crippen LogP contribution is 2.28. The fourth-order valence-corrected chi connectivity index (χ4v) is 1.56. The average Bonchev–Trinajstić information content (AvgIpc) is 2.70. The van der Waals surface area contributed by atoms with E-state index in [0.29, 0.717) is 11.5 Å². The van der Waals surface area contributed by atoms with E-state index in [2.05, 4.69) is 4.98 Å². The molecule has 1 aromatic carbocycles. The second-order valence-electron chi connectivity index (χ2n) is 4.92. The van der Waals surface area contributed by atoms with Crippen LogP contribution in [0.4, 0.5) is 4.39 Å². The van der Waals surface area contributed by atoms with Crippen LogP contribution in [0.2, 0.25) is 5.02 Å². The molecule has 2 nitrogen and oxygen atoms in total. The van der Waals surface area contributed by atoms with Gasteiger partial charge in [-0.2, -0.15) is 0 Å². The Morgan fingerprint density at radius 3 is 2.53 bits per heavy atom. The SMILES string of the molecule is CC(C)(C)c1coc(-c2ccc(F)c(Cl)c2)n1. The van der Waals surface area contributed by atoms with E-state index >= 15 is 0 Å². The van der Waals surface area contributed by atoms with Crippen LogP contribution < -0.4 is 0 Å². The third-order valence-electron chi connectivity index (χ3n) is 2.44. The number of oxazole rings is 1. The smallest absolute Gasteiger partial charge is 0.226 e. The summed E-state index contributed by atoms with van der Waals surface area (Å²) in [6.07, 6.45) is 1.62. The Hall–Kier alpha value is -1.35. The number of aromatic nitrogens is 1. The first-order valence-corrected chi connectivity index (χ1v) is 5.67. The van der Waals surface area contributed by atoms with Gasteiger partial charge in [0.2, 0.25) is 5.89 Å². The highest BCUT2D eigenvalue weighted by atomic mass is 35.5. The van der Waals surface area contributed by atoms with Crippen molar-refractivity contribution < 1.29 is 8.81 Å². The van der Waals surface area contributed by atoms with E-state index in [1.807, 2.05) is 20.8 Å². The Balaban J connectivity index is 2.40. The van der Waals surface area contributed by atoms with Gasteiger partial charge in [-0.25, -0.2) is 9.37 Å². The van der Waals surface area contributed by atoms with Crippen molar-refractivity contribution in [2.45, 2.75) is 26.2 Å². The van der Waals surface area contributed by atoms with Crippen LogP contribution in [0.3, 0.4) is 0 Å². The molecule has 0 aliphatic heterocycles. The fourth-order valence-electron chi connectivity index (χ4n) is 1.38. The lowest BCUT2D eigenvalue weighted by molar-refractivity contribution is 0.543. The van der Waals surface area contributed by atoms with Gasteiger partial charge in [-0.05, 0) is 18.2 Å². The summed E-state index contributed by atoms with van der Waals surface area (Å²) in [6.45, 7) is 6.14. The zero-order valence-corrected chi connectivity index (χ0v) is 10.7. The minimum atomic E-state index is -0.446. The second-order valence-corrected chi connectivity index (χ2v) is 5.32. The molecular formula is C13H13ClFNO. The molecule has 2 aromatic rings. The monoisotopic (exact) mass is 253 g/mol. The van der Waals surface area contributed by atoms with E-state index in [1.165, 1.54) is 12.1 Å². The summed E-state index contributed by atoms with van der Waals surface area (Å²) in [4.78, 5) is 4.37. The lowest BCUT2D eigenvalue weighted by atomic mass is 9.93. The van der Waals surface area contributed by atoms with Gasteiger partial charge in [0, 0.05) is 11.0 Å². The lowest BCUT2D eigenvalue weighted by Crippen LogP contribution is -2.11. The Labute approximate surface area is 104 Å². The van der Waals surface area contributed by atoms with Crippen molar-refractivity contribution in [3.63, 3.8) is 0 Å². The molecular weight excluding hydrogens is 241 g/mol. The van der Waals surface area contributed by atoms with Crippen molar-refractivity contribution in [1.29, 1.82) is 0 Å². The first-order valence-electron chi connectivity index (χ1n) is 5.29. The van der Waals surface area contributed by atoms with Gasteiger partial charge in [0.15, 0.2) is 0 Å². The lowest BCUT2D eigenvalue weighted by Gasteiger charge is -2.12. The van der Waals surface area contributed by atoms with Gasteiger partial charge < -0.3 is 4.42 Å². The van der Waals surface area contributed by atoms with Crippen molar-refractivity contribution in [2.75, 3.05) is 0 Å². The van der Waals surface area contributed by atoms with Crippen LogP contribution in [0.1, 0.15) is 26.5 Å². The standard InChI is InChI=1S/C13H13ClFNO/c1-13(2,3)11-7-17-12(16-11)8-4-5-10(15)9(14)6-8/h4-7H,1-3H3. The van der Waals surface area contributed by atoms with Gasteiger partial charge in [0.05, 0.1) is 10.7 Å². The molecule has 0 unspecified atom stereocenters. The van der Waals surface area contributed by atoms with Crippen LogP contribution in [-0.4, -0.2) is 4.98 Å². The van der Waals surface area contributed by atoms with E-state index in [4.69, 9.17) is 16.0 Å². The van der Waals surface area contributed by atoms with Crippen LogP contribution in [-0.2, 0) is 5.41 Å². The quantitative estimate of drug-likeness (QED) is 0.751. The molecule has 0 amide bonds. The Morgan fingerprint density at radius 1 is 1.29 bits per heavy atom. The molecule has 0 spiro atoms. The summed E-state index contributed by atoms with van der Waals surface area (Å²) >= 11 is 5.72. The molecule has 90 valence electrons. The molecule has 0 aliphatic rings. The topological polar surface area (TPSA) is 26.0 Å². The van der Waals surface area contributed by atoms with Gasteiger partial charge >= 0.3 is 0 Å². The highest BCUT2D eigenvalue weighted by Gasteiger charge is 2.19. The molecule has 0 fully saturated rings. The molecule has 1 aromatic heterocycles. The van der Waals surface area contributed by atoms with E-state index in [9.17, 15) is 4.39 Å². The minimum absolute atomic E-state index is 0.0676. The average molecular weight is 254 g/mol. The normalized spacial score (nSPS) is 11.8. The van der Waals surface area contributed by atoms with Gasteiger partial charge in [-0.15, -0.1) is 0 Å². The van der Waals surface area contributed by atoms with Gasteiger partial charge in [0.25, 0.3) is 0 Å². The van der Waals surface area contributed by atoms with Gasteiger partial charge in [0.1, 0.15) is 12.1 Å². The van der Waals surface area contributed by atoms with Crippen LogP contribution in [0.25, 0.3) is 11.5 Å². The minimum Gasteiger partial charge on any atom is -0.444 e. The number of hydrogen-bond acceptors (Lipinski definition) is 2. The molecule has 0 saturated heterocycles. The summed E-state index contributed by atoms with van der Waals surface area (Å²) in [5.41, 5.74) is 1.45. The van der Waals surface area contributed by atoms with Crippen molar-refractivity contribution in [3.05, 3.63) is 41.0 Å². The molecule has 0 N–H and O–H groups in total. The fraction of sp³-hybridized carbons (Fsp3) is 0.308. The Kier molecular flexibility index (Phi) is 2.96. The molecule has 2 rings (SSSR count). The summed E-state index contributed by atoms with van der Waals surface area (Å²) < 4.78 is 18.4. The second kappa shape index (κ2) is 4.15. The number of hydrogen-bond donors (Lipinski definition) is 0. The molecule has 1 heterocycles. The molecule has 0 aliphatic carbocycles. The first kappa shape index (κ1) is 12.1. The van der Waals surface area contributed by atoms with E-state index < -0.39 is 5.82 Å². The summed E-state index contributed by atoms with van der Waals surface area (Å²) in [5, 5.41) is 0.0676.